The van der Waals surface area contributed by atoms with E-state index in [9.17, 15) is 8.42 Å². The summed E-state index contributed by atoms with van der Waals surface area (Å²) in [6.45, 7) is 3.58. The van der Waals surface area contributed by atoms with Crippen molar-refractivity contribution in [3.05, 3.63) is 30.0 Å². The Hall–Kier alpha value is -1.36. The van der Waals surface area contributed by atoms with Crippen molar-refractivity contribution in [3.63, 3.8) is 0 Å². The molecule has 1 aromatic heterocycles. The molecule has 132 valence electrons. The minimum absolute atomic E-state index is 0.243. The molecule has 1 aliphatic rings. The van der Waals surface area contributed by atoms with Crippen LogP contribution in [0.1, 0.15) is 51.5 Å². The molecule has 0 amide bonds. The Morgan fingerprint density at radius 1 is 1.17 bits per heavy atom. The van der Waals surface area contributed by atoms with E-state index in [-0.39, 0.29) is 5.25 Å². The lowest BCUT2D eigenvalue weighted by atomic mass is 9.80. The van der Waals surface area contributed by atoms with Gasteiger partial charge in [0.25, 0.3) is 0 Å². The Bertz CT molecular complexity index is 772. The Balaban J connectivity index is 1.47. The SMILES string of the molecule is CC(C)S(=O)(=O)CC1CCC(CCc2ccc3[nH]ncc3c2)CC1. The van der Waals surface area contributed by atoms with Gasteiger partial charge in [0.15, 0.2) is 9.84 Å². The lowest BCUT2D eigenvalue weighted by Gasteiger charge is -2.28. The first kappa shape index (κ1) is 17.5. The third-order valence-corrected chi connectivity index (χ3v) is 7.87. The van der Waals surface area contributed by atoms with E-state index >= 15 is 0 Å². The van der Waals surface area contributed by atoms with Gasteiger partial charge in [-0.25, -0.2) is 8.42 Å². The fourth-order valence-electron chi connectivity index (χ4n) is 3.73. The van der Waals surface area contributed by atoms with Gasteiger partial charge in [0, 0.05) is 5.39 Å². The number of hydrogen-bond acceptors (Lipinski definition) is 3. The average molecular weight is 349 g/mol. The summed E-state index contributed by atoms with van der Waals surface area (Å²) in [5, 5.41) is 7.99. The van der Waals surface area contributed by atoms with Crippen LogP contribution >= 0.6 is 0 Å². The first-order valence-electron chi connectivity index (χ1n) is 9.07. The molecule has 0 atom stereocenters. The van der Waals surface area contributed by atoms with Crippen molar-refractivity contribution in [1.82, 2.24) is 10.2 Å². The number of aromatic amines is 1. The summed E-state index contributed by atoms with van der Waals surface area (Å²) < 4.78 is 24.1. The van der Waals surface area contributed by atoms with Crippen molar-refractivity contribution in [3.8, 4) is 0 Å². The summed E-state index contributed by atoms with van der Waals surface area (Å²) in [6.07, 6.45) is 8.65. The first-order chi connectivity index (χ1) is 11.4. The number of hydrogen-bond donors (Lipinski definition) is 1. The van der Waals surface area contributed by atoms with Crippen LogP contribution in [-0.2, 0) is 16.3 Å². The van der Waals surface area contributed by atoms with Crippen LogP contribution in [0.4, 0.5) is 0 Å². The summed E-state index contributed by atoms with van der Waals surface area (Å²) in [7, 11) is -2.89. The van der Waals surface area contributed by atoms with Crippen molar-refractivity contribution < 1.29 is 8.42 Å². The van der Waals surface area contributed by atoms with Gasteiger partial charge in [0.05, 0.1) is 22.7 Å². The predicted octanol–water partition coefficient (Wildman–Crippen LogP) is 4.13. The zero-order valence-electron chi connectivity index (χ0n) is 14.7. The number of sulfone groups is 1. The maximum atomic E-state index is 12.1. The molecule has 1 aromatic carbocycles. The van der Waals surface area contributed by atoms with Gasteiger partial charge in [-0.2, -0.15) is 5.10 Å². The first-order valence-corrected chi connectivity index (χ1v) is 10.8. The van der Waals surface area contributed by atoms with Gasteiger partial charge in [-0.3, -0.25) is 5.10 Å². The minimum Gasteiger partial charge on any atom is -0.278 e. The highest BCUT2D eigenvalue weighted by molar-refractivity contribution is 7.91. The molecule has 4 nitrogen and oxygen atoms in total. The number of nitrogens with zero attached hydrogens (tertiary/aromatic N) is 1. The van der Waals surface area contributed by atoms with Gasteiger partial charge in [0.2, 0.25) is 0 Å². The van der Waals surface area contributed by atoms with Crippen LogP contribution < -0.4 is 0 Å². The topological polar surface area (TPSA) is 62.8 Å². The number of nitrogens with one attached hydrogen (secondary N) is 1. The van der Waals surface area contributed by atoms with Crippen LogP contribution in [0.2, 0.25) is 0 Å². The normalized spacial score (nSPS) is 22.3. The van der Waals surface area contributed by atoms with Gasteiger partial charge in [-0.15, -0.1) is 0 Å². The second kappa shape index (κ2) is 7.26. The van der Waals surface area contributed by atoms with Gasteiger partial charge in [0.1, 0.15) is 0 Å². The summed E-state index contributed by atoms with van der Waals surface area (Å²) >= 11 is 0. The van der Waals surface area contributed by atoms with Crippen molar-refractivity contribution in [1.29, 1.82) is 0 Å². The standard InChI is InChI=1S/C19H28N2O2S/c1-14(2)24(22,23)13-17-7-4-15(5-8-17)3-6-16-9-10-19-18(11-16)12-20-21-19/h9-12,14-15,17H,3-8,13H2,1-2H3,(H,20,21). The Labute approximate surface area is 145 Å². The van der Waals surface area contributed by atoms with Crippen LogP contribution in [0.3, 0.4) is 0 Å². The van der Waals surface area contributed by atoms with E-state index < -0.39 is 9.84 Å². The molecule has 5 heteroatoms. The lowest BCUT2D eigenvalue weighted by Crippen LogP contribution is -2.26. The van der Waals surface area contributed by atoms with Crippen molar-refractivity contribution in [2.75, 3.05) is 5.75 Å². The number of H-pyrrole nitrogens is 1. The molecule has 3 rings (SSSR count). The van der Waals surface area contributed by atoms with E-state index in [1.54, 1.807) is 13.8 Å². The average Bonchev–Trinajstić information content (AvgIpc) is 3.01. The van der Waals surface area contributed by atoms with Crippen LogP contribution in [0.15, 0.2) is 24.4 Å². The lowest BCUT2D eigenvalue weighted by molar-refractivity contribution is 0.278. The number of rotatable bonds is 6. The van der Waals surface area contributed by atoms with Crippen LogP contribution in [0.5, 0.6) is 0 Å². The summed E-state index contributed by atoms with van der Waals surface area (Å²) in [5.41, 5.74) is 2.46. The third kappa shape index (κ3) is 4.18. The number of benzene rings is 1. The number of aromatic nitrogens is 2. The highest BCUT2D eigenvalue weighted by Crippen LogP contribution is 2.33. The van der Waals surface area contributed by atoms with Crippen molar-refractivity contribution in [2.24, 2.45) is 11.8 Å². The molecule has 1 aliphatic carbocycles. The molecule has 0 radical (unpaired) electrons. The molecule has 2 aromatic rings. The van der Waals surface area contributed by atoms with Crippen LogP contribution in [-0.4, -0.2) is 29.6 Å². The van der Waals surface area contributed by atoms with E-state index in [0.717, 1.165) is 30.7 Å². The summed E-state index contributed by atoms with van der Waals surface area (Å²) in [4.78, 5) is 0. The molecule has 1 fully saturated rings. The van der Waals surface area contributed by atoms with E-state index in [1.165, 1.54) is 30.2 Å². The molecule has 0 saturated heterocycles. The Morgan fingerprint density at radius 2 is 1.88 bits per heavy atom. The van der Waals surface area contributed by atoms with E-state index in [4.69, 9.17) is 0 Å². The van der Waals surface area contributed by atoms with E-state index in [0.29, 0.717) is 11.7 Å². The van der Waals surface area contributed by atoms with Crippen LogP contribution in [0, 0.1) is 11.8 Å². The largest absolute Gasteiger partial charge is 0.278 e. The van der Waals surface area contributed by atoms with Gasteiger partial charge >= 0.3 is 0 Å². The van der Waals surface area contributed by atoms with Gasteiger partial charge in [-0.05, 0) is 69.1 Å². The zero-order valence-corrected chi connectivity index (χ0v) is 15.5. The third-order valence-electron chi connectivity index (χ3n) is 5.50. The van der Waals surface area contributed by atoms with E-state index in [2.05, 4.69) is 28.4 Å². The second-order valence-corrected chi connectivity index (χ2v) is 10.2. The highest BCUT2D eigenvalue weighted by atomic mass is 32.2. The fraction of sp³-hybridized carbons (Fsp3) is 0.632. The molecule has 1 heterocycles. The monoisotopic (exact) mass is 348 g/mol. The summed E-state index contributed by atoms with van der Waals surface area (Å²) in [5.74, 6) is 1.49. The Kier molecular flexibility index (Phi) is 5.28. The van der Waals surface area contributed by atoms with Gasteiger partial charge < -0.3 is 0 Å². The second-order valence-electron chi connectivity index (χ2n) is 7.60. The molecule has 24 heavy (non-hydrogen) atoms. The fourth-order valence-corrected chi connectivity index (χ4v) is 5.10. The maximum absolute atomic E-state index is 12.1. The number of aryl methyl sites for hydroxylation is 1. The molecule has 0 unspecified atom stereocenters. The maximum Gasteiger partial charge on any atom is 0.152 e. The quantitative estimate of drug-likeness (QED) is 0.854. The van der Waals surface area contributed by atoms with Gasteiger partial charge in [-0.1, -0.05) is 18.9 Å². The molecule has 1 saturated carbocycles. The van der Waals surface area contributed by atoms with Crippen LogP contribution in [0.25, 0.3) is 10.9 Å². The number of fused-ring (bicyclic) bond motifs is 1. The molecule has 0 spiro atoms. The molecule has 1 N–H and O–H groups in total. The highest BCUT2D eigenvalue weighted by Gasteiger charge is 2.27. The molecule has 0 aliphatic heterocycles. The van der Waals surface area contributed by atoms with Crippen molar-refractivity contribution >= 4 is 20.7 Å². The Morgan fingerprint density at radius 3 is 2.58 bits per heavy atom. The molecule has 0 bridgehead atoms. The molecular weight excluding hydrogens is 320 g/mol. The van der Waals surface area contributed by atoms with E-state index in [1.807, 2.05) is 6.20 Å². The minimum atomic E-state index is -2.89. The predicted molar refractivity (Wildman–Crippen MR) is 98.8 cm³/mol. The summed E-state index contributed by atoms with van der Waals surface area (Å²) in [6, 6.07) is 6.51. The smallest absolute Gasteiger partial charge is 0.152 e. The zero-order chi connectivity index (χ0) is 17.2. The van der Waals surface area contributed by atoms with Crippen molar-refractivity contribution in [2.45, 2.75) is 57.6 Å². The molecular formula is C19H28N2O2S.